The van der Waals surface area contributed by atoms with E-state index in [0.29, 0.717) is 5.56 Å². The molecule has 0 aliphatic heterocycles. The minimum absolute atomic E-state index is 0.151. The summed E-state index contributed by atoms with van der Waals surface area (Å²) in [5.41, 5.74) is -0.455. The first-order valence-corrected chi connectivity index (χ1v) is 5.87. The maximum atomic E-state index is 12.9. The van der Waals surface area contributed by atoms with Crippen molar-refractivity contribution in [1.29, 1.82) is 0 Å². The van der Waals surface area contributed by atoms with Gasteiger partial charge in [0.25, 0.3) is 0 Å². The zero-order chi connectivity index (χ0) is 14.7. The van der Waals surface area contributed by atoms with Crippen molar-refractivity contribution in [1.82, 2.24) is 4.57 Å². The van der Waals surface area contributed by atoms with E-state index in [1.54, 1.807) is 0 Å². The average Bonchev–Trinajstić information content (AvgIpc) is 2.41. The number of benzene rings is 1. The number of carboxylic acid groups (broad SMARTS) is 1. The molecule has 1 heterocycles. The van der Waals surface area contributed by atoms with Crippen molar-refractivity contribution in [2.45, 2.75) is 6.54 Å². The third-order valence-electron chi connectivity index (χ3n) is 2.82. The first-order valence-electron chi connectivity index (χ1n) is 5.87. The van der Waals surface area contributed by atoms with E-state index in [9.17, 15) is 14.0 Å². The Labute approximate surface area is 113 Å². The topological polar surface area (TPSA) is 79.5 Å². The minimum atomic E-state index is -1.34. The number of hydrogen-bond donors (Lipinski definition) is 2. The number of hydrogen-bond acceptors (Lipinski definition) is 3. The van der Waals surface area contributed by atoms with Crippen molar-refractivity contribution in [2.24, 2.45) is 0 Å². The van der Waals surface area contributed by atoms with E-state index < -0.39 is 17.2 Å². The molecular formula is C14H12FNO4. The van der Waals surface area contributed by atoms with Crippen LogP contribution in [0.2, 0.25) is 0 Å². The highest BCUT2D eigenvalue weighted by Crippen LogP contribution is 2.16. The first-order chi connectivity index (χ1) is 9.52. The maximum absolute atomic E-state index is 12.9. The van der Waals surface area contributed by atoms with Gasteiger partial charge in [0.15, 0.2) is 0 Å². The van der Waals surface area contributed by atoms with Crippen LogP contribution < -0.4 is 5.43 Å². The van der Waals surface area contributed by atoms with Crippen molar-refractivity contribution < 1.29 is 19.4 Å². The predicted octanol–water partition coefficient (Wildman–Crippen LogP) is 1.34. The third-order valence-corrected chi connectivity index (χ3v) is 2.82. The second-order valence-electron chi connectivity index (χ2n) is 4.19. The smallest absolute Gasteiger partial charge is 0.341 e. The van der Waals surface area contributed by atoms with Gasteiger partial charge in [-0.3, -0.25) is 4.79 Å². The van der Waals surface area contributed by atoms with Crippen LogP contribution in [-0.2, 0) is 6.54 Å². The van der Waals surface area contributed by atoms with Crippen LogP contribution in [0.5, 0.6) is 0 Å². The molecule has 0 atom stereocenters. The molecule has 0 saturated carbocycles. The van der Waals surface area contributed by atoms with E-state index in [4.69, 9.17) is 10.2 Å². The third kappa shape index (κ3) is 2.75. The molecule has 0 unspecified atom stereocenters. The summed E-state index contributed by atoms with van der Waals surface area (Å²) in [6, 6.07) is 5.19. The van der Waals surface area contributed by atoms with Crippen LogP contribution in [-0.4, -0.2) is 27.4 Å². The lowest BCUT2D eigenvalue weighted by atomic mass is 10.0. The van der Waals surface area contributed by atoms with E-state index in [0.717, 1.165) is 0 Å². The molecule has 0 aliphatic carbocycles. The highest BCUT2D eigenvalue weighted by atomic mass is 19.1. The Kier molecular flexibility index (Phi) is 3.95. The van der Waals surface area contributed by atoms with Gasteiger partial charge in [0, 0.05) is 24.5 Å². The van der Waals surface area contributed by atoms with Crippen molar-refractivity contribution in [3.05, 3.63) is 58.3 Å². The molecule has 0 saturated heterocycles. The standard InChI is InChI=1S/C14H12FNO4/c15-10-3-1-9(2-4-10)11-7-16(5-6-17)8-12(13(11)18)14(19)20/h1-4,7-8,17H,5-6H2,(H,19,20). The van der Waals surface area contributed by atoms with Crippen LogP contribution in [0.3, 0.4) is 0 Å². The summed E-state index contributed by atoms with van der Waals surface area (Å²) in [5, 5.41) is 18.0. The number of aromatic carboxylic acids is 1. The van der Waals surface area contributed by atoms with Crippen LogP contribution in [0.1, 0.15) is 10.4 Å². The van der Waals surface area contributed by atoms with Crippen molar-refractivity contribution in [2.75, 3.05) is 6.61 Å². The highest BCUT2D eigenvalue weighted by Gasteiger charge is 2.15. The number of carboxylic acids is 1. The van der Waals surface area contributed by atoms with Gasteiger partial charge in [0.1, 0.15) is 11.4 Å². The Hall–Kier alpha value is -2.47. The van der Waals surface area contributed by atoms with Gasteiger partial charge in [0.2, 0.25) is 5.43 Å². The number of rotatable bonds is 4. The van der Waals surface area contributed by atoms with Crippen LogP contribution in [0.25, 0.3) is 11.1 Å². The summed E-state index contributed by atoms with van der Waals surface area (Å²) in [6.45, 7) is -0.0282. The molecule has 0 spiro atoms. The minimum Gasteiger partial charge on any atom is -0.477 e. The van der Waals surface area contributed by atoms with Gasteiger partial charge in [-0.2, -0.15) is 0 Å². The Bertz CT molecular complexity index is 691. The lowest BCUT2D eigenvalue weighted by Gasteiger charge is -2.09. The summed E-state index contributed by atoms with van der Waals surface area (Å²) in [6.07, 6.45) is 2.62. The monoisotopic (exact) mass is 277 g/mol. The van der Waals surface area contributed by atoms with Gasteiger partial charge < -0.3 is 14.8 Å². The molecule has 0 fully saturated rings. The zero-order valence-corrected chi connectivity index (χ0v) is 10.4. The Morgan fingerprint density at radius 3 is 2.40 bits per heavy atom. The Morgan fingerprint density at radius 1 is 1.20 bits per heavy atom. The Morgan fingerprint density at radius 2 is 1.85 bits per heavy atom. The molecule has 6 heteroatoms. The number of aliphatic hydroxyl groups excluding tert-OH is 1. The van der Waals surface area contributed by atoms with E-state index in [-0.39, 0.29) is 24.3 Å². The van der Waals surface area contributed by atoms with Crippen LogP contribution in [0.4, 0.5) is 4.39 Å². The Balaban J connectivity index is 2.64. The lowest BCUT2D eigenvalue weighted by molar-refractivity contribution is 0.0694. The molecule has 5 nitrogen and oxygen atoms in total. The molecule has 0 amide bonds. The number of halogens is 1. The van der Waals surface area contributed by atoms with Crippen LogP contribution in [0, 0.1) is 5.82 Å². The molecule has 2 rings (SSSR count). The van der Waals surface area contributed by atoms with E-state index in [2.05, 4.69) is 0 Å². The summed E-state index contributed by atoms with van der Waals surface area (Å²) in [7, 11) is 0. The molecule has 2 aromatic rings. The number of aromatic nitrogens is 1. The fourth-order valence-corrected chi connectivity index (χ4v) is 1.86. The zero-order valence-electron chi connectivity index (χ0n) is 10.4. The number of pyridine rings is 1. The highest BCUT2D eigenvalue weighted by molar-refractivity contribution is 5.88. The number of nitrogens with zero attached hydrogens (tertiary/aromatic N) is 1. The molecule has 2 N–H and O–H groups in total. The van der Waals surface area contributed by atoms with Gasteiger partial charge in [0.05, 0.1) is 6.61 Å². The number of carbonyl (C=O) groups is 1. The second kappa shape index (κ2) is 5.66. The van der Waals surface area contributed by atoms with Crippen molar-refractivity contribution >= 4 is 5.97 Å². The molecule has 0 radical (unpaired) electrons. The molecule has 1 aromatic heterocycles. The molecule has 104 valence electrons. The fraction of sp³-hybridized carbons (Fsp3) is 0.143. The van der Waals surface area contributed by atoms with E-state index >= 15 is 0 Å². The van der Waals surface area contributed by atoms with Gasteiger partial charge in [-0.15, -0.1) is 0 Å². The summed E-state index contributed by atoms with van der Waals surface area (Å²) in [4.78, 5) is 23.2. The lowest BCUT2D eigenvalue weighted by Crippen LogP contribution is -2.20. The van der Waals surface area contributed by atoms with Gasteiger partial charge in [-0.25, -0.2) is 9.18 Å². The summed E-state index contributed by atoms with van der Waals surface area (Å²) in [5.74, 6) is -1.79. The number of aliphatic hydroxyl groups is 1. The van der Waals surface area contributed by atoms with Crippen LogP contribution >= 0.6 is 0 Å². The molecular weight excluding hydrogens is 265 g/mol. The molecule has 0 aliphatic rings. The van der Waals surface area contributed by atoms with Crippen molar-refractivity contribution in [3.8, 4) is 11.1 Å². The largest absolute Gasteiger partial charge is 0.477 e. The maximum Gasteiger partial charge on any atom is 0.341 e. The van der Waals surface area contributed by atoms with E-state index in [1.807, 2.05) is 0 Å². The molecule has 1 aromatic carbocycles. The SMILES string of the molecule is O=C(O)c1cn(CCO)cc(-c2ccc(F)cc2)c1=O. The molecule has 20 heavy (non-hydrogen) atoms. The van der Waals surface area contributed by atoms with Gasteiger partial charge in [-0.05, 0) is 17.7 Å². The normalized spacial score (nSPS) is 10.5. The predicted molar refractivity (Wildman–Crippen MR) is 70.1 cm³/mol. The average molecular weight is 277 g/mol. The summed E-state index contributed by atoms with van der Waals surface area (Å²) >= 11 is 0. The summed E-state index contributed by atoms with van der Waals surface area (Å²) < 4.78 is 14.3. The first kappa shape index (κ1) is 14.0. The van der Waals surface area contributed by atoms with Gasteiger partial charge in [-0.1, -0.05) is 12.1 Å². The van der Waals surface area contributed by atoms with Crippen LogP contribution in [0.15, 0.2) is 41.5 Å². The second-order valence-corrected chi connectivity index (χ2v) is 4.19. The van der Waals surface area contributed by atoms with E-state index in [1.165, 1.54) is 41.2 Å². The molecule has 0 bridgehead atoms. The van der Waals surface area contributed by atoms with Crippen molar-refractivity contribution in [3.63, 3.8) is 0 Å². The van der Waals surface area contributed by atoms with Gasteiger partial charge >= 0.3 is 5.97 Å². The quantitative estimate of drug-likeness (QED) is 0.884. The fourth-order valence-electron chi connectivity index (χ4n) is 1.86.